The lowest BCUT2D eigenvalue weighted by Crippen LogP contribution is -2.26. The van der Waals surface area contributed by atoms with Gasteiger partial charge < -0.3 is 9.09 Å². The van der Waals surface area contributed by atoms with Crippen molar-refractivity contribution in [2.75, 3.05) is 5.32 Å². The molecular weight excluding hydrogens is 304 g/mol. The third kappa shape index (κ3) is 2.91. The van der Waals surface area contributed by atoms with Crippen molar-refractivity contribution < 1.29 is 9.32 Å². The van der Waals surface area contributed by atoms with Gasteiger partial charge in [0.15, 0.2) is 0 Å². The molecule has 0 aliphatic carbocycles. The second-order valence-corrected chi connectivity index (χ2v) is 6.96. The molecule has 0 saturated heterocycles. The van der Waals surface area contributed by atoms with Gasteiger partial charge in [-0.2, -0.15) is 0 Å². The average molecular weight is 326 g/mol. The first-order valence-electron chi connectivity index (χ1n) is 7.97. The van der Waals surface area contributed by atoms with Crippen LogP contribution in [0.5, 0.6) is 0 Å². The topological polar surface area (TPSA) is 73.0 Å². The maximum Gasteiger partial charge on any atom is 0.231 e. The van der Waals surface area contributed by atoms with E-state index >= 15 is 0 Å². The highest BCUT2D eigenvalue weighted by atomic mass is 16.5. The van der Waals surface area contributed by atoms with Crippen LogP contribution >= 0.6 is 0 Å². The Morgan fingerprint density at radius 1 is 1.25 bits per heavy atom. The maximum atomic E-state index is 12.5. The fourth-order valence-electron chi connectivity index (χ4n) is 2.87. The van der Waals surface area contributed by atoms with Crippen LogP contribution in [-0.4, -0.2) is 20.6 Å². The van der Waals surface area contributed by atoms with Crippen molar-refractivity contribution in [2.24, 2.45) is 0 Å². The molecule has 3 rings (SSSR count). The van der Waals surface area contributed by atoms with Crippen molar-refractivity contribution >= 4 is 22.9 Å². The molecule has 6 heteroatoms. The zero-order chi connectivity index (χ0) is 17.5. The molecule has 0 aliphatic heterocycles. The van der Waals surface area contributed by atoms with Crippen molar-refractivity contribution in [3.8, 4) is 0 Å². The number of carbonyl (C=O) groups is 1. The zero-order valence-corrected chi connectivity index (χ0v) is 14.7. The molecule has 0 fully saturated rings. The normalized spacial score (nSPS) is 11.9. The van der Waals surface area contributed by atoms with Gasteiger partial charge in [-0.25, -0.2) is 4.98 Å². The molecule has 1 amide bonds. The smallest absolute Gasteiger partial charge is 0.231 e. The van der Waals surface area contributed by atoms with Crippen molar-refractivity contribution in [1.29, 1.82) is 0 Å². The fourth-order valence-corrected chi connectivity index (χ4v) is 2.87. The van der Waals surface area contributed by atoms with Gasteiger partial charge in [0, 0.05) is 11.1 Å². The van der Waals surface area contributed by atoms with Gasteiger partial charge in [-0.1, -0.05) is 17.3 Å². The van der Waals surface area contributed by atoms with Gasteiger partial charge in [0.2, 0.25) is 11.9 Å². The number of aryl methyl sites for hydroxylation is 2. The Hall–Kier alpha value is -2.63. The van der Waals surface area contributed by atoms with Crippen LogP contribution in [0.15, 0.2) is 28.8 Å². The third-order valence-corrected chi connectivity index (χ3v) is 4.00. The molecule has 6 nitrogen and oxygen atoms in total. The quantitative estimate of drug-likeness (QED) is 0.798. The van der Waals surface area contributed by atoms with Crippen LogP contribution in [-0.2, 0) is 16.8 Å². The van der Waals surface area contributed by atoms with Crippen LogP contribution in [0.1, 0.15) is 37.8 Å². The Morgan fingerprint density at radius 2 is 1.96 bits per heavy atom. The van der Waals surface area contributed by atoms with Crippen molar-refractivity contribution in [3.05, 3.63) is 41.3 Å². The monoisotopic (exact) mass is 326 g/mol. The molecule has 0 radical (unpaired) electrons. The van der Waals surface area contributed by atoms with E-state index in [-0.39, 0.29) is 17.9 Å². The predicted molar refractivity (Wildman–Crippen MR) is 93.0 cm³/mol. The minimum atomic E-state index is -0.207. The summed E-state index contributed by atoms with van der Waals surface area (Å²) in [5.74, 6) is 1.10. The number of rotatable bonds is 3. The Bertz CT molecular complexity index is 880. The lowest BCUT2D eigenvalue weighted by molar-refractivity contribution is -0.115. The number of hydrogen-bond acceptors (Lipinski definition) is 4. The van der Waals surface area contributed by atoms with Crippen LogP contribution in [0.25, 0.3) is 11.0 Å². The highest BCUT2D eigenvalue weighted by molar-refractivity contribution is 5.93. The van der Waals surface area contributed by atoms with E-state index in [1.165, 1.54) is 0 Å². The predicted octanol–water partition coefficient (Wildman–Crippen LogP) is 3.58. The number of nitrogens with one attached hydrogen (secondary N) is 1. The van der Waals surface area contributed by atoms with Crippen LogP contribution in [0.2, 0.25) is 0 Å². The molecule has 0 saturated carbocycles. The molecule has 0 spiro atoms. The first kappa shape index (κ1) is 16.2. The van der Waals surface area contributed by atoms with E-state index in [0.717, 1.165) is 22.3 Å². The zero-order valence-electron chi connectivity index (χ0n) is 14.7. The summed E-state index contributed by atoms with van der Waals surface area (Å²) in [5, 5.41) is 6.83. The Balaban J connectivity index is 1.94. The Kier molecular flexibility index (Phi) is 3.91. The van der Waals surface area contributed by atoms with E-state index in [4.69, 9.17) is 4.52 Å². The summed E-state index contributed by atoms with van der Waals surface area (Å²) in [7, 11) is 0. The van der Waals surface area contributed by atoms with Crippen molar-refractivity contribution in [1.82, 2.24) is 14.7 Å². The summed E-state index contributed by atoms with van der Waals surface area (Å²) in [6.07, 6.45) is 0.217. The van der Waals surface area contributed by atoms with Crippen molar-refractivity contribution in [3.63, 3.8) is 0 Å². The SMILES string of the molecule is Cc1noc(C)c1CC(=O)Nc1nc2ccccc2n1C(C)(C)C. The fraction of sp³-hybridized carbons (Fsp3) is 0.389. The number of carbonyl (C=O) groups excluding carboxylic acids is 1. The highest BCUT2D eigenvalue weighted by Gasteiger charge is 2.23. The van der Waals surface area contributed by atoms with Gasteiger partial charge in [-0.3, -0.25) is 10.1 Å². The van der Waals surface area contributed by atoms with Gasteiger partial charge in [0.25, 0.3) is 0 Å². The Labute approximate surface area is 140 Å². The van der Waals surface area contributed by atoms with E-state index in [2.05, 4.69) is 36.2 Å². The average Bonchev–Trinajstić information content (AvgIpc) is 3.01. The van der Waals surface area contributed by atoms with E-state index in [9.17, 15) is 4.79 Å². The van der Waals surface area contributed by atoms with E-state index in [1.54, 1.807) is 0 Å². The van der Waals surface area contributed by atoms with Gasteiger partial charge in [-0.05, 0) is 46.8 Å². The molecular formula is C18H22N4O2. The number of amides is 1. The molecule has 0 aliphatic rings. The summed E-state index contributed by atoms with van der Waals surface area (Å²) < 4.78 is 7.17. The minimum absolute atomic E-state index is 0.134. The highest BCUT2D eigenvalue weighted by Crippen LogP contribution is 2.28. The van der Waals surface area contributed by atoms with Gasteiger partial charge in [-0.15, -0.1) is 0 Å². The second kappa shape index (κ2) is 5.78. The number of nitrogens with zero attached hydrogens (tertiary/aromatic N) is 3. The third-order valence-electron chi connectivity index (χ3n) is 4.00. The number of anilines is 1. The number of para-hydroxylation sites is 2. The molecule has 0 unspecified atom stereocenters. The largest absolute Gasteiger partial charge is 0.361 e. The maximum absolute atomic E-state index is 12.5. The van der Waals surface area contributed by atoms with Gasteiger partial charge >= 0.3 is 0 Å². The molecule has 0 bridgehead atoms. The van der Waals surface area contributed by atoms with Crippen LogP contribution in [0.3, 0.4) is 0 Å². The lowest BCUT2D eigenvalue weighted by Gasteiger charge is -2.24. The van der Waals surface area contributed by atoms with E-state index < -0.39 is 0 Å². The molecule has 2 heterocycles. The number of imidazole rings is 1. The van der Waals surface area contributed by atoms with Gasteiger partial charge in [0.1, 0.15) is 5.76 Å². The van der Waals surface area contributed by atoms with E-state index in [0.29, 0.717) is 11.7 Å². The number of aromatic nitrogens is 3. The molecule has 3 aromatic rings. The van der Waals surface area contributed by atoms with Crippen LogP contribution < -0.4 is 5.32 Å². The molecule has 24 heavy (non-hydrogen) atoms. The van der Waals surface area contributed by atoms with Gasteiger partial charge in [0.05, 0.1) is 23.1 Å². The minimum Gasteiger partial charge on any atom is -0.361 e. The van der Waals surface area contributed by atoms with Crippen LogP contribution in [0.4, 0.5) is 5.95 Å². The van der Waals surface area contributed by atoms with Crippen molar-refractivity contribution in [2.45, 2.75) is 46.6 Å². The first-order valence-corrected chi connectivity index (χ1v) is 7.97. The van der Waals surface area contributed by atoms with E-state index in [1.807, 2.05) is 42.7 Å². The standard InChI is InChI=1S/C18H22N4O2/c1-11-13(12(2)24-21-11)10-16(23)20-17-19-14-8-6-7-9-15(14)22(17)18(3,4)5/h6-9H,10H2,1-5H3,(H,19,20,23). The number of benzene rings is 1. The molecule has 1 N–H and O–H groups in total. The molecule has 0 atom stereocenters. The first-order chi connectivity index (χ1) is 11.3. The lowest BCUT2D eigenvalue weighted by atomic mass is 10.1. The molecule has 2 aromatic heterocycles. The second-order valence-electron chi connectivity index (χ2n) is 6.96. The summed E-state index contributed by atoms with van der Waals surface area (Å²) in [5.41, 5.74) is 3.22. The number of hydrogen-bond donors (Lipinski definition) is 1. The molecule has 126 valence electrons. The summed E-state index contributed by atoms with van der Waals surface area (Å²) in [6.45, 7) is 9.91. The molecule has 1 aromatic carbocycles. The van der Waals surface area contributed by atoms with Crippen LogP contribution in [0, 0.1) is 13.8 Å². The summed E-state index contributed by atoms with van der Waals surface area (Å²) in [4.78, 5) is 17.1. The summed E-state index contributed by atoms with van der Waals surface area (Å²) >= 11 is 0. The Morgan fingerprint density at radius 3 is 2.58 bits per heavy atom. The number of fused-ring (bicyclic) bond motifs is 1. The summed E-state index contributed by atoms with van der Waals surface area (Å²) in [6, 6.07) is 7.87.